The zero-order chi connectivity index (χ0) is 18.5. The highest BCUT2D eigenvalue weighted by Gasteiger charge is 2.35. The average Bonchev–Trinajstić information content (AvgIpc) is 3.02. The van der Waals surface area contributed by atoms with Crippen LogP contribution in [0.4, 0.5) is 11.4 Å². The van der Waals surface area contributed by atoms with Gasteiger partial charge in [-0.1, -0.05) is 43.1 Å². The molecule has 2 aromatic rings. The molecule has 0 radical (unpaired) electrons. The van der Waals surface area contributed by atoms with Crippen molar-refractivity contribution in [2.75, 3.05) is 16.8 Å². The van der Waals surface area contributed by atoms with Crippen molar-refractivity contribution in [3.05, 3.63) is 59.1 Å². The van der Waals surface area contributed by atoms with Gasteiger partial charge in [0, 0.05) is 29.4 Å². The van der Waals surface area contributed by atoms with Crippen molar-refractivity contribution in [3.8, 4) is 0 Å². The molecule has 1 fully saturated rings. The first-order chi connectivity index (χ1) is 12.6. The summed E-state index contributed by atoms with van der Waals surface area (Å²) in [7, 11) is 0. The number of amides is 2. The molecule has 0 spiro atoms. The summed E-state index contributed by atoms with van der Waals surface area (Å²) in [6, 6.07) is 15.1. The first kappa shape index (κ1) is 18.5. The van der Waals surface area contributed by atoms with Crippen LogP contribution in [0.5, 0.6) is 0 Å². The quantitative estimate of drug-likeness (QED) is 0.802. The average molecular weight is 371 g/mol. The number of hydrogen-bond donors (Lipinski definition) is 1. The largest absolute Gasteiger partial charge is 0.326 e. The Balaban J connectivity index is 1.63. The smallest absolute Gasteiger partial charge is 0.229 e. The van der Waals surface area contributed by atoms with E-state index in [1.54, 1.807) is 29.2 Å². The second kappa shape index (κ2) is 8.37. The van der Waals surface area contributed by atoms with Gasteiger partial charge in [-0.25, -0.2) is 0 Å². The van der Waals surface area contributed by atoms with Crippen LogP contribution in [0.1, 0.15) is 31.7 Å². The molecule has 5 heteroatoms. The molecule has 3 rings (SSSR count). The minimum absolute atomic E-state index is 0.0162. The molecule has 0 aliphatic carbocycles. The summed E-state index contributed by atoms with van der Waals surface area (Å²) in [5.74, 6) is -0.526. The number of benzene rings is 2. The lowest BCUT2D eigenvalue weighted by molar-refractivity contribution is -0.122. The number of carbonyl (C=O) groups is 2. The maximum atomic E-state index is 12.5. The third-order valence-electron chi connectivity index (χ3n) is 4.65. The van der Waals surface area contributed by atoms with Crippen LogP contribution in [-0.2, 0) is 16.0 Å². The van der Waals surface area contributed by atoms with E-state index in [1.165, 1.54) is 5.56 Å². The van der Waals surface area contributed by atoms with Crippen molar-refractivity contribution >= 4 is 34.8 Å². The Labute approximate surface area is 159 Å². The summed E-state index contributed by atoms with van der Waals surface area (Å²) in [5, 5.41) is 3.41. The van der Waals surface area contributed by atoms with Crippen LogP contribution >= 0.6 is 11.6 Å². The molecule has 1 saturated heterocycles. The predicted octanol–water partition coefficient (Wildman–Crippen LogP) is 4.67. The van der Waals surface area contributed by atoms with Crippen molar-refractivity contribution in [1.29, 1.82) is 0 Å². The Hall–Kier alpha value is -2.33. The summed E-state index contributed by atoms with van der Waals surface area (Å²) in [6.07, 6.45) is 3.60. The van der Waals surface area contributed by atoms with Gasteiger partial charge >= 0.3 is 0 Å². The van der Waals surface area contributed by atoms with Gasteiger partial charge in [0.2, 0.25) is 11.8 Å². The molecule has 2 amide bonds. The van der Waals surface area contributed by atoms with Gasteiger partial charge in [-0.3, -0.25) is 9.59 Å². The van der Waals surface area contributed by atoms with E-state index in [-0.39, 0.29) is 24.2 Å². The van der Waals surface area contributed by atoms with Gasteiger partial charge in [-0.05, 0) is 48.7 Å². The van der Waals surface area contributed by atoms with Crippen LogP contribution in [0.2, 0.25) is 5.02 Å². The maximum Gasteiger partial charge on any atom is 0.229 e. The molecule has 0 bridgehead atoms. The Morgan fingerprint density at radius 3 is 2.69 bits per heavy atom. The molecular formula is C21H23ClN2O2. The lowest BCUT2D eigenvalue weighted by atomic mass is 10.1. The number of unbranched alkanes of at least 4 members (excludes halogenated alkanes) is 1. The molecule has 4 nitrogen and oxygen atoms in total. The highest BCUT2D eigenvalue weighted by Crippen LogP contribution is 2.27. The van der Waals surface area contributed by atoms with E-state index in [2.05, 4.69) is 24.4 Å². The van der Waals surface area contributed by atoms with Crippen LogP contribution in [0.25, 0.3) is 0 Å². The van der Waals surface area contributed by atoms with E-state index in [4.69, 9.17) is 11.6 Å². The third-order valence-corrected chi connectivity index (χ3v) is 4.89. The van der Waals surface area contributed by atoms with Crippen LogP contribution in [0, 0.1) is 5.92 Å². The standard InChI is InChI=1S/C21H23ClN2O2/c1-2-3-5-15-8-10-19(11-9-15)24-14-16(12-20(24)25)21(26)23-18-7-4-6-17(22)13-18/h4,6-11,13,16H,2-3,5,12,14H2,1H3,(H,23,26). The third kappa shape index (κ3) is 4.44. The van der Waals surface area contributed by atoms with Crippen LogP contribution < -0.4 is 10.2 Å². The fraction of sp³-hybridized carbons (Fsp3) is 0.333. The second-order valence-corrected chi connectivity index (χ2v) is 7.11. The van der Waals surface area contributed by atoms with E-state index < -0.39 is 0 Å². The Kier molecular flexibility index (Phi) is 5.94. The van der Waals surface area contributed by atoms with Gasteiger partial charge in [0.25, 0.3) is 0 Å². The summed E-state index contributed by atoms with van der Waals surface area (Å²) < 4.78 is 0. The Morgan fingerprint density at radius 1 is 1.23 bits per heavy atom. The van der Waals surface area contributed by atoms with Gasteiger partial charge in [0.1, 0.15) is 0 Å². The number of nitrogens with zero attached hydrogens (tertiary/aromatic N) is 1. The zero-order valence-corrected chi connectivity index (χ0v) is 15.6. The molecule has 1 aliphatic heterocycles. The summed E-state index contributed by atoms with van der Waals surface area (Å²) in [6.45, 7) is 2.57. The van der Waals surface area contributed by atoms with Crippen LogP contribution in [0.3, 0.4) is 0 Å². The van der Waals surface area contributed by atoms with Crippen molar-refractivity contribution in [3.63, 3.8) is 0 Å². The van der Waals surface area contributed by atoms with Crippen LogP contribution in [0.15, 0.2) is 48.5 Å². The Bertz CT molecular complexity index is 789. The van der Waals surface area contributed by atoms with E-state index in [1.807, 2.05) is 12.1 Å². The van der Waals surface area contributed by atoms with Gasteiger partial charge in [-0.2, -0.15) is 0 Å². The molecule has 1 atom stereocenters. The molecule has 0 aromatic heterocycles. The van der Waals surface area contributed by atoms with Gasteiger partial charge < -0.3 is 10.2 Å². The van der Waals surface area contributed by atoms with E-state index in [9.17, 15) is 9.59 Å². The second-order valence-electron chi connectivity index (χ2n) is 6.67. The first-order valence-corrected chi connectivity index (χ1v) is 9.40. The van der Waals surface area contributed by atoms with Crippen molar-refractivity contribution in [2.24, 2.45) is 5.92 Å². The number of rotatable bonds is 6. The topological polar surface area (TPSA) is 49.4 Å². The highest BCUT2D eigenvalue weighted by molar-refractivity contribution is 6.30. The SMILES string of the molecule is CCCCc1ccc(N2CC(C(=O)Nc3cccc(Cl)c3)CC2=O)cc1. The normalized spacial score (nSPS) is 16.8. The van der Waals surface area contributed by atoms with E-state index in [0.29, 0.717) is 17.3 Å². The van der Waals surface area contributed by atoms with Crippen molar-refractivity contribution in [1.82, 2.24) is 0 Å². The van der Waals surface area contributed by atoms with E-state index in [0.717, 1.165) is 24.9 Å². The fourth-order valence-corrected chi connectivity index (χ4v) is 3.36. The molecule has 1 N–H and O–H groups in total. The molecule has 26 heavy (non-hydrogen) atoms. The van der Waals surface area contributed by atoms with Gasteiger partial charge in [0.05, 0.1) is 5.92 Å². The molecule has 1 unspecified atom stereocenters. The van der Waals surface area contributed by atoms with Gasteiger partial charge in [-0.15, -0.1) is 0 Å². The predicted molar refractivity (Wildman–Crippen MR) is 106 cm³/mol. The summed E-state index contributed by atoms with van der Waals surface area (Å²) in [4.78, 5) is 26.6. The van der Waals surface area contributed by atoms with Crippen molar-refractivity contribution in [2.45, 2.75) is 32.6 Å². The number of hydrogen-bond acceptors (Lipinski definition) is 2. The molecule has 0 saturated carbocycles. The molecule has 1 aliphatic rings. The zero-order valence-electron chi connectivity index (χ0n) is 14.9. The fourth-order valence-electron chi connectivity index (χ4n) is 3.17. The molecule has 2 aromatic carbocycles. The number of nitrogens with one attached hydrogen (secondary N) is 1. The van der Waals surface area contributed by atoms with E-state index >= 15 is 0 Å². The van der Waals surface area contributed by atoms with Crippen molar-refractivity contribution < 1.29 is 9.59 Å². The lowest BCUT2D eigenvalue weighted by Crippen LogP contribution is -2.28. The maximum absolute atomic E-state index is 12.5. The Morgan fingerprint density at radius 2 is 2.00 bits per heavy atom. The summed E-state index contributed by atoms with van der Waals surface area (Å²) in [5.41, 5.74) is 2.78. The number of anilines is 2. The summed E-state index contributed by atoms with van der Waals surface area (Å²) >= 11 is 5.95. The van der Waals surface area contributed by atoms with Gasteiger partial charge in [0.15, 0.2) is 0 Å². The first-order valence-electron chi connectivity index (χ1n) is 9.02. The monoisotopic (exact) mass is 370 g/mol. The molecule has 1 heterocycles. The number of carbonyl (C=O) groups excluding carboxylic acids is 2. The van der Waals surface area contributed by atoms with Crippen LogP contribution in [-0.4, -0.2) is 18.4 Å². The number of halogens is 1. The number of aryl methyl sites for hydroxylation is 1. The minimum atomic E-state index is -0.360. The highest BCUT2D eigenvalue weighted by atomic mass is 35.5. The lowest BCUT2D eigenvalue weighted by Gasteiger charge is -2.17. The molecule has 136 valence electrons. The molecular weight excluding hydrogens is 348 g/mol. The minimum Gasteiger partial charge on any atom is -0.326 e.